The number of hydrogen-bond donors (Lipinski definition) is 2. The molecular formula is C28H23IN2O2S. The van der Waals surface area contributed by atoms with Crippen LogP contribution in [0.15, 0.2) is 108 Å². The summed E-state index contributed by atoms with van der Waals surface area (Å²) < 4.78 is 1.11. The first-order valence-corrected chi connectivity index (χ1v) is 12.7. The second-order valence-electron chi connectivity index (χ2n) is 7.70. The van der Waals surface area contributed by atoms with Gasteiger partial charge in [0.15, 0.2) is 0 Å². The zero-order chi connectivity index (χ0) is 23.9. The van der Waals surface area contributed by atoms with Gasteiger partial charge in [-0.15, -0.1) is 11.8 Å². The van der Waals surface area contributed by atoms with Crippen LogP contribution in [0.2, 0.25) is 0 Å². The van der Waals surface area contributed by atoms with Gasteiger partial charge >= 0.3 is 0 Å². The number of aryl methyl sites for hydroxylation is 1. The minimum Gasteiger partial charge on any atom is -0.325 e. The second-order valence-corrected chi connectivity index (χ2v) is 10.1. The normalized spacial score (nSPS) is 11.5. The molecule has 0 aromatic heterocycles. The molecule has 1 atom stereocenters. The van der Waals surface area contributed by atoms with Crippen LogP contribution in [0.5, 0.6) is 0 Å². The lowest BCUT2D eigenvalue weighted by molar-refractivity contribution is -0.115. The molecule has 2 N–H and O–H groups in total. The lowest BCUT2D eigenvalue weighted by Crippen LogP contribution is -2.19. The Bertz CT molecular complexity index is 1290. The van der Waals surface area contributed by atoms with Crippen molar-refractivity contribution in [2.24, 2.45) is 0 Å². The van der Waals surface area contributed by atoms with E-state index in [0.29, 0.717) is 11.3 Å². The van der Waals surface area contributed by atoms with Gasteiger partial charge in [-0.25, -0.2) is 0 Å². The first kappa shape index (κ1) is 24.0. The van der Waals surface area contributed by atoms with Crippen LogP contribution in [0.4, 0.5) is 11.4 Å². The summed E-state index contributed by atoms with van der Waals surface area (Å²) in [6.07, 6.45) is 0. The van der Waals surface area contributed by atoms with E-state index < -0.39 is 5.25 Å². The van der Waals surface area contributed by atoms with Gasteiger partial charge in [-0.2, -0.15) is 0 Å². The first-order valence-electron chi connectivity index (χ1n) is 10.7. The molecule has 2 amide bonds. The number of nitrogens with one attached hydrogen (secondary N) is 2. The van der Waals surface area contributed by atoms with Gasteiger partial charge in [0.25, 0.3) is 5.91 Å². The molecule has 0 radical (unpaired) electrons. The largest absolute Gasteiger partial charge is 0.325 e. The number of carbonyl (C=O) groups excluding carboxylic acids is 2. The van der Waals surface area contributed by atoms with Crippen molar-refractivity contribution >= 4 is 57.5 Å². The number of thioether (sulfide) groups is 1. The van der Waals surface area contributed by atoms with Crippen LogP contribution in [0.1, 0.15) is 26.7 Å². The van der Waals surface area contributed by atoms with Crippen LogP contribution < -0.4 is 10.6 Å². The predicted octanol–water partition coefficient (Wildman–Crippen LogP) is 7.32. The van der Waals surface area contributed by atoms with Crippen molar-refractivity contribution in [3.05, 3.63) is 123 Å². The molecule has 0 aliphatic heterocycles. The zero-order valence-electron chi connectivity index (χ0n) is 18.5. The van der Waals surface area contributed by atoms with E-state index in [1.807, 2.05) is 110 Å². The topological polar surface area (TPSA) is 58.2 Å². The van der Waals surface area contributed by atoms with Crippen LogP contribution in [0, 0.1) is 10.5 Å². The molecule has 0 bridgehead atoms. The van der Waals surface area contributed by atoms with Crippen LogP contribution in [0.25, 0.3) is 0 Å². The maximum atomic E-state index is 13.3. The molecule has 0 saturated heterocycles. The van der Waals surface area contributed by atoms with Crippen molar-refractivity contribution in [1.29, 1.82) is 0 Å². The third-order valence-corrected chi connectivity index (χ3v) is 7.15. The van der Waals surface area contributed by atoms with E-state index in [1.165, 1.54) is 11.8 Å². The summed E-state index contributed by atoms with van der Waals surface area (Å²) in [5, 5.41) is 5.55. The molecule has 0 heterocycles. The summed E-state index contributed by atoms with van der Waals surface area (Å²) in [6.45, 7) is 1.91. The molecule has 6 heteroatoms. The fourth-order valence-corrected chi connectivity index (χ4v) is 4.89. The van der Waals surface area contributed by atoms with Gasteiger partial charge in [-0.1, -0.05) is 54.6 Å². The van der Waals surface area contributed by atoms with Gasteiger partial charge in [0.1, 0.15) is 5.25 Å². The maximum Gasteiger partial charge on any atom is 0.255 e. The smallest absolute Gasteiger partial charge is 0.255 e. The van der Waals surface area contributed by atoms with E-state index in [4.69, 9.17) is 0 Å². The van der Waals surface area contributed by atoms with Crippen molar-refractivity contribution < 1.29 is 9.59 Å². The Kier molecular flexibility index (Phi) is 8.03. The summed E-state index contributed by atoms with van der Waals surface area (Å²) in [5.74, 6) is -0.261. The zero-order valence-corrected chi connectivity index (χ0v) is 21.5. The minimum atomic E-state index is -0.456. The number of carbonyl (C=O) groups is 2. The lowest BCUT2D eigenvalue weighted by Gasteiger charge is -2.18. The fraction of sp³-hybridized carbons (Fsp3) is 0.0714. The fourth-order valence-electron chi connectivity index (χ4n) is 3.45. The molecule has 0 saturated carbocycles. The van der Waals surface area contributed by atoms with Crippen LogP contribution in [-0.2, 0) is 4.79 Å². The minimum absolute atomic E-state index is 0.105. The van der Waals surface area contributed by atoms with Gasteiger partial charge in [0, 0.05) is 25.4 Å². The Balaban J connectivity index is 1.54. The Hall–Kier alpha value is -3.10. The van der Waals surface area contributed by atoms with Crippen LogP contribution in [0.3, 0.4) is 0 Å². The predicted molar refractivity (Wildman–Crippen MR) is 148 cm³/mol. The van der Waals surface area contributed by atoms with E-state index in [9.17, 15) is 9.59 Å². The molecule has 0 fully saturated rings. The number of hydrogen-bond acceptors (Lipinski definition) is 3. The Labute approximate surface area is 217 Å². The number of amides is 2. The van der Waals surface area contributed by atoms with Crippen molar-refractivity contribution in [1.82, 2.24) is 0 Å². The molecule has 4 rings (SSSR count). The SMILES string of the molecule is Cc1ccccc1C(=O)Nc1cccc(SC(C(=O)Nc2ccc(I)cc2)c2ccccc2)c1. The average molecular weight is 578 g/mol. The maximum absolute atomic E-state index is 13.3. The molecule has 1 unspecified atom stereocenters. The van der Waals surface area contributed by atoms with Crippen molar-refractivity contribution in [3.63, 3.8) is 0 Å². The monoisotopic (exact) mass is 578 g/mol. The van der Waals surface area contributed by atoms with Crippen LogP contribution in [-0.4, -0.2) is 11.8 Å². The number of halogens is 1. The van der Waals surface area contributed by atoms with Gasteiger partial charge in [-0.05, 0) is 89.2 Å². The van der Waals surface area contributed by atoms with Crippen molar-refractivity contribution in [2.45, 2.75) is 17.1 Å². The van der Waals surface area contributed by atoms with E-state index in [-0.39, 0.29) is 11.8 Å². The summed E-state index contributed by atoms with van der Waals surface area (Å²) in [7, 11) is 0. The highest BCUT2D eigenvalue weighted by Gasteiger charge is 2.22. The molecule has 34 heavy (non-hydrogen) atoms. The quantitative estimate of drug-likeness (QED) is 0.179. The van der Waals surface area contributed by atoms with Crippen LogP contribution >= 0.6 is 34.4 Å². The lowest BCUT2D eigenvalue weighted by atomic mass is 10.1. The van der Waals surface area contributed by atoms with E-state index in [1.54, 1.807) is 0 Å². The highest BCUT2D eigenvalue weighted by molar-refractivity contribution is 14.1. The molecule has 4 aromatic carbocycles. The summed E-state index contributed by atoms with van der Waals surface area (Å²) in [6, 6.07) is 32.5. The van der Waals surface area contributed by atoms with Gasteiger partial charge in [0.2, 0.25) is 5.91 Å². The number of benzene rings is 4. The number of anilines is 2. The van der Waals surface area contributed by atoms with E-state index in [0.717, 1.165) is 25.3 Å². The third kappa shape index (κ3) is 6.27. The van der Waals surface area contributed by atoms with Gasteiger partial charge < -0.3 is 10.6 Å². The highest BCUT2D eigenvalue weighted by atomic mass is 127. The molecule has 4 nitrogen and oxygen atoms in total. The number of rotatable bonds is 7. The van der Waals surface area contributed by atoms with Gasteiger partial charge in [-0.3, -0.25) is 9.59 Å². The Morgan fingerprint density at radius 1 is 0.765 bits per heavy atom. The van der Waals surface area contributed by atoms with Gasteiger partial charge in [0.05, 0.1) is 0 Å². The van der Waals surface area contributed by atoms with Crippen molar-refractivity contribution in [2.75, 3.05) is 10.6 Å². The highest BCUT2D eigenvalue weighted by Crippen LogP contribution is 2.37. The summed E-state index contributed by atoms with van der Waals surface area (Å²) >= 11 is 3.69. The molecule has 4 aromatic rings. The Morgan fingerprint density at radius 2 is 1.47 bits per heavy atom. The molecule has 0 spiro atoms. The molecule has 0 aliphatic rings. The molecule has 170 valence electrons. The first-order chi connectivity index (χ1) is 16.5. The van der Waals surface area contributed by atoms with Crippen molar-refractivity contribution in [3.8, 4) is 0 Å². The molecule has 0 aliphatic carbocycles. The summed E-state index contributed by atoms with van der Waals surface area (Å²) in [4.78, 5) is 26.9. The average Bonchev–Trinajstić information content (AvgIpc) is 2.85. The van der Waals surface area contributed by atoms with E-state index >= 15 is 0 Å². The molecular weight excluding hydrogens is 555 g/mol. The standard InChI is InChI=1S/C28H23IN2O2S/c1-19-8-5-6-13-25(19)27(32)31-23-11-7-12-24(18-23)34-26(20-9-3-2-4-10-20)28(33)30-22-16-14-21(29)15-17-22/h2-18,26H,1H3,(H,30,33)(H,31,32). The summed E-state index contributed by atoms with van der Waals surface area (Å²) in [5.41, 5.74) is 3.90. The second kappa shape index (κ2) is 11.4. The van der Waals surface area contributed by atoms with E-state index in [2.05, 4.69) is 33.2 Å². The third-order valence-electron chi connectivity index (χ3n) is 5.19. The Morgan fingerprint density at radius 3 is 2.21 bits per heavy atom.